The molecule has 1 unspecified atom stereocenters. The monoisotopic (exact) mass is 162 g/mol. The summed E-state index contributed by atoms with van der Waals surface area (Å²) in [5.74, 6) is 0. The molecule has 12 heavy (non-hydrogen) atoms. The predicted octanol–water partition coefficient (Wildman–Crippen LogP) is 2.85. The molecule has 0 saturated carbocycles. The van der Waals surface area contributed by atoms with Crippen LogP contribution in [0.4, 0.5) is 0 Å². The highest BCUT2D eigenvalue weighted by Crippen LogP contribution is 2.30. The summed E-state index contributed by atoms with van der Waals surface area (Å²) < 4.78 is 5.62. The molecule has 1 aliphatic heterocycles. The van der Waals surface area contributed by atoms with Crippen molar-refractivity contribution in [2.45, 2.75) is 25.9 Å². The summed E-state index contributed by atoms with van der Waals surface area (Å²) in [6.07, 6.45) is 2.76. The van der Waals surface area contributed by atoms with Gasteiger partial charge in [0.25, 0.3) is 0 Å². The van der Waals surface area contributed by atoms with Crippen molar-refractivity contribution in [2.24, 2.45) is 0 Å². The summed E-state index contributed by atoms with van der Waals surface area (Å²) in [6, 6.07) is 8.49. The summed E-state index contributed by atoms with van der Waals surface area (Å²) in [7, 11) is 0. The molecular weight excluding hydrogens is 148 g/mol. The number of hydrogen-bond donors (Lipinski definition) is 0. The third kappa shape index (κ3) is 1.37. The van der Waals surface area contributed by atoms with Crippen molar-refractivity contribution in [1.29, 1.82) is 0 Å². The van der Waals surface area contributed by atoms with E-state index in [1.807, 2.05) is 0 Å². The first-order valence-corrected chi connectivity index (χ1v) is 4.55. The van der Waals surface area contributed by atoms with Gasteiger partial charge in [-0.05, 0) is 30.9 Å². The quantitative estimate of drug-likeness (QED) is 0.617. The third-order valence-electron chi connectivity index (χ3n) is 2.47. The van der Waals surface area contributed by atoms with Crippen molar-refractivity contribution < 1.29 is 4.74 Å². The van der Waals surface area contributed by atoms with Crippen LogP contribution in [0.5, 0.6) is 0 Å². The van der Waals surface area contributed by atoms with Crippen LogP contribution in [0, 0.1) is 6.92 Å². The highest BCUT2D eigenvalue weighted by atomic mass is 16.5. The average molecular weight is 162 g/mol. The Bertz CT molecular complexity index is 261. The van der Waals surface area contributed by atoms with Gasteiger partial charge in [0.05, 0.1) is 6.10 Å². The van der Waals surface area contributed by atoms with E-state index in [1.54, 1.807) is 0 Å². The van der Waals surface area contributed by atoms with Crippen molar-refractivity contribution in [1.82, 2.24) is 0 Å². The van der Waals surface area contributed by atoms with Crippen LogP contribution in [0.3, 0.4) is 0 Å². The maximum Gasteiger partial charge on any atom is 0.0828 e. The standard InChI is InChI=1S/C11H14O/c1-9-5-2-3-6-10(9)11-7-4-8-12-11/h2-3,5-6,11H,4,7-8H2,1H3. The number of ether oxygens (including phenoxy) is 1. The van der Waals surface area contributed by atoms with E-state index in [2.05, 4.69) is 31.2 Å². The second-order valence-corrected chi connectivity index (χ2v) is 3.36. The molecule has 1 aromatic rings. The van der Waals surface area contributed by atoms with Crippen LogP contribution in [0.15, 0.2) is 24.3 Å². The Balaban J connectivity index is 2.26. The zero-order valence-electron chi connectivity index (χ0n) is 7.42. The summed E-state index contributed by atoms with van der Waals surface area (Å²) >= 11 is 0. The number of hydrogen-bond acceptors (Lipinski definition) is 1. The first-order chi connectivity index (χ1) is 5.88. The van der Waals surface area contributed by atoms with Gasteiger partial charge in [0.15, 0.2) is 0 Å². The highest BCUT2D eigenvalue weighted by molar-refractivity contribution is 5.28. The van der Waals surface area contributed by atoms with E-state index in [-0.39, 0.29) is 0 Å². The lowest BCUT2D eigenvalue weighted by molar-refractivity contribution is 0.111. The Kier molecular flexibility index (Phi) is 2.13. The largest absolute Gasteiger partial charge is 0.374 e. The molecule has 0 bridgehead atoms. The highest BCUT2D eigenvalue weighted by Gasteiger charge is 2.18. The van der Waals surface area contributed by atoms with Crippen molar-refractivity contribution in [3.63, 3.8) is 0 Å². The van der Waals surface area contributed by atoms with Gasteiger partial charge in [-0.3, -0.25) is 0 Å². The zero-order valence-corrected chi connectivity index (χ0v) is 7.42. The molecule has 2 rings (SSSR count). The second kappa shape index (κ2) is 3.28. The van der Waals surface area contributed by atoms with Gasteiger partial charge < -0.3 is 4.74 Å². The summed E-state index contributed by atoms with van der Waals surface area (Å²) in [5, 5.41) is 0. The van der Waals surface area contributed by atoms with E-state index in [4.69, 9.17) is 4.74 Å². The smallest absolute Gasteiger partial charge is 0.0828 e. The molecule has 1 atom stereocenters. The molecule has 1 aromatic carbocycles. The van der Waals surface area contributed by atoms with Crippen LogP contribution >= 0.6 is 0 Å². The summed E-state index contributed by atoms with van der Waals surface area (Å²) in [6.45, 7) is 3.08. The number of rotatable bonds is 1. The summed E-state index contributed by atoms with van der Waals surface area (Å²) in [4.78, 5) is 0. The molecule has 0 aliphatic carbocycles. The second-order valence-electron chi connectivity index (χ2n) is 3.36. The molecule has 0 N–H and O–H groups in total. The molecule has 0 radical (unpaired) electrons. The van der Waals surface area contributed by atoms with Gasteiger partial charge in [-0.1, -0.05) is 24.3 Å². The van der Waals surface area contributed by atoms with Gasteiger partial charge in [0, 0.05) is 6.61 Å². The normalized spacial score (nSPS) is 22.9. The molecule has 1 nitrogen and oxygen atoms in total. The Hall–Kier alpha value is -0.820. The maximum atomic E-state index is 5.62. The van der Waals surface area contributed by atoms with E-state index >= 15 is 0 Å². The van der Waals surface area contributed by atoms with Gasteiger partial charge >= 0.3 is 0 Å². The third-order valence-corrected chi connectivity index (χ3v) is 2.47. The molecular formula is C11H14O. The van der Waals surface area contributed by atoms with Crippen LogP contribution in [0.2, 0.25) is 0 Å². The maximum absolute atomic E-state index is 5.62. The van der Waals surface area contributed by atoms with E-state index < -0.39 is 0 Å². The van der Waals surface area contributed by atoms with Crippen LogP contribution in [-0.4, -0.2) is 6.61 Å². The van der Waals surface area contributed by atoms with Crippen molar-refractivity contribution in [3.8, 4) is 0 Å². The Labute approximate surface area is 73.4 Å². The lowest BCUT2D eigenvalue weighted by Crippen LogP contribution is -1.97. The molecule has 0 amide bonds. The minimum absolute atomic E-state index is 0.367. The molecule has 0 aromatic heterocycles. The first kappa shape index (κ1) is 7.81. The fraction of sp³-hybridized carbons (Fsp3) is 0.455. The van der Waals surface area contributed by atoms with Crippen LogP contribution < -0.4 is 0 Å². The predicted molar refractivity (Wildman–Crippen MR) is 49.1 cm³/mol. The Morgan fingerprint density at radius 2 is 2.17 bits per heavy atom. The average Bonchev–Trinajstić information content (AvgIpc) is 2.57. The molecule has 1 fully saturated rings. The van der Waals surface area contributed by atoms with Crippen molar-refractivity contribution in [2.75, 3.05) is 6.61 Å². The molecule has 0 spiro atoms. The Morgan fingerprint density at radius 3 is 2.83 bits per heavy atom. The van der Waals surface area contributed by atoms with E-state index in [9.17, 15) is 0 Å². The van der Waals surface area contributed by atoms with Gasteiger partial charge in [0.2, 0.25) is 0 Å². The zero-order chi connectivity index (χ0) is 8.39. The van der Waals surface area contributed by atoms with E-state index in [0.29, 0.717) is 6.10 Å². The molecule has 1 aliphatic rings. The lowest BCUT2D eigenvalue weighted by Gasteiger charge is -2.11. The van der Waals surface area contributed by atoms with Gasteiger partial charge in [-0.2, -0.15) is 0 Å². The molecule has 1 heteroatoms. The minimum Gasteiger partial charge on any atom is -0.374 e. The molecule has 1 saturated heterocycles. The fourth-order valence-corrected chi connectivity index (χ4v) is 1.77. The Morgan fingerprint density at radius 1 is 1.33 bits per heavy atom. The van der Waals surface area contributed by atoms with Gasteiger partial charge in [0.1, 0.15) is 0 Å². The van der Waals surface area contributed by atoms with Crippen LogP contribution in [0.1, 0.15) is 30.1 Å². The van der Waals surface area contributed by atoms with E-state index in [1.165, 1.54) is 24.0 Å². The topological polar surface area (TPSA) is 9.23 Å². The number of benzene rings is 1. The number of aryl methyl sites for hydroxylation is 1. The van der Waals surface area contributed by atoms with Crippen molar-refractivity contribution >= 4 is 0 Å². The minimum atomic E-state index is 0.367. The molecule has 64 valence electrons. The molecule has 1 heterocycles. The van der Waals surface area contributed by atoms with Crippen molar-refractivity contribution in [3.05, 3.63) is 35.4 Å². The lowest BCUT2D eigenvalue weighted by atomic mass is 10.0. The van der Waals surface area contributed by atoms with Crippen LogP contribution in [0.25, 0.3) is 0 Å². The first-order valence-electron chi connectivity index (χ1n) is 4.55. The fourth-order valence-electron chi connectivity index (χ4n) is 1.77. The van der Waals surface area contributed by atoms with Crippen LogP contribution in [-0.2, 0) is 4.74 Å². The van der Waals surface area contributed by atoms with Gasteiger partial charge in [-0.25, -0.2) is 0 Å². The SMILES string of the molecule is Cc1ccccc1C1CCCO1. The summed E-state index contributed by atoms with van der Waals surface area (Å²) in [5.41, 5.74) is 2.72. The van der Waals surface area contributed by atoms with Gasteiger partial charge in [-0.15, -0.1) is 0 Å². The van der Waals surface area contributed by atoms with E-state index in [0.717, 1.165) is 6.61 Å².